The average molecular weight is 354 g/mol. The van der Waals surface area contributed by atoms with Crippen LogP contribution in [0.25, 0.3) is 11.3 Å². The monoisotopic (exact) mass is 354 g/mol. The SMILES string of the molecule is Cc1ccc(-c2cc(NC(=O)COC(=O)c3ccccc3F)on2)cc1. The Hall–Kier alpha value is -3.48. The van der Waals surface area contributed by atoms with Gasteiger partial charge >= 0.3 is 5.97 Å². The number of nitrogens with one attached hydrogen (secondary N) is 1. The number of aryl methyl sites for hydroxylation is 1. The molecule has 0 saturated carbocycles. The summed E-state index contributed by atoms with van der Waals surface area (Å²) in [4.78, 5) is 23.6. The van der Waals surface area contributed by atoms with Gasteiger partial charge < -0.3 is 9.26 Å². The van der Waals surface area contributed by atoms with Gasteiger partial charge in [0.25, 0.3) is 5.91 Å². The average Bonchev–Trinajstić information content (AvgIpc) is 3.09. The Bertz CT molecular complexity index is 935. The minimum atomic E-state index is -0.920. The Morgan fingerprint density at radius 2 is 1.88 bits per heavy atom. The Kier molecular flexibility index (Phi) is 5.07. The molecule has 1 N–H and O–H groups in total. The van der Waals surface area contributed by atoms with Crippen molar-refractivity contribution in [1.29, 1.82) is 0 Å². The van der Waals surface area contributed by atoms with E-state index >= 15 is 0 Å². The summed E-state index contributed by atoms with van der Waals surface area (Å²) in [6.45, 7) is 1.40. The van der Waals surface area contributed by atoms with E-state index in [-0.39, 0.29) is 11.4 Å². The first-order valence-corrected chi connectivity index (χ1v) is 7.78. The van der Waals surface area contributed by atoms with E-state index in [1.54, 1.807) is 6.07 Å². The lowest BCUT2D eigenvalue weighted by atomic mass is 10.1. The molecule has 0 bridgehead atoms. The Morgan fingerprint density at radius 3 is 2.62 bits per heavy atom. The molecule has 0 unspecified atom stereocenters. The molecular weight excluding hydrogens is 339 g/mol. The number of hydrogen-bond acceptors (Lipinski definition) is 5. The highest BCUT2D eigenvalue weighted by molar-refractivity contribution is 5.95. The molecule has 0 spiro atoms. The van der Waals surface area contributed by atoms with Crippen LogP contribution in [0.2, 0.25) is 0 Å². The fourth-order valence-electron chi connectivity index (χ4n) is 2.20. The molecule has 0 aliphatic rings. The van der Waals surface area contributed by atoms with Crippen LogP contribution < -0.4 is 5.32 Å². The molecule has 0 radical (unpaired) electrons. The third-order valence-corrected chi connectivity index (χ3v) is 3.55. The predicted octanol–water partition coefficient (Wildman–Crippen LogP) is 3.58. The summed E-state index contributed by atoms with van der Waals surface area (Å²) in [6, 6.07) is 14.6. The van der Waals surface area contributed by atoms with Gasteiger partial charge in [0.2, 0.25) is 5.88 Å². The van der Waals surface area contributed by atoms with E-state index in [1.807, 2.05) is 31.2 Å². The van der Waals surface area contributed by atoms with E-state index in [0.717, 1.165) is 17.2 Å². The molecule has 0 aliphatic carbocycles. The molecule has 0 atom stereocenters. The second kappa shape index (κ2) is 7.60. The highest BCUT2D eigenvalue weighted by atomic mass is 19.1. The van der Waals surface area contributed by atoms with Crippen molar-refractivity contribution in [3.8, 4) is 11.3 Å². The standard InChI is InChI=1S/C19H15FN2O4/c1-12-6-8-13(9-7-12)16-10-18(26-22-16)21-17(23)11-25-19(24)14-4-2-3-5-15(14)20/h2-10H,11H2,1H3,(H,21,23). The Labute approximate surface area is 148 Å². The topological polar surface area (TPSA) is 81.4 Å². The highest BCUT2D eigenvalue weighted by Gasteiger charge is 2.15. The molecule has 6 nitrogen and oxygen atoms in total. The van der Waals surface area contributed by atoms with Gasteiger partial charge in [0.05, 0.1) is 5.56 Å². The van der Waals surface area contributed by atoms with Gasteiger partial charge in [0, 0.05) is 11.6 Å². The quantitative estimate of drug-likeness (QED) is 0.708. The molecule has 0 saturated heterocycles. The minimum absolute atomic E-state index is 0.118. The first-order valence-electron chi connectivity index (χ1n) is 7.78. The van der Waals surface area contributed by atoms with Crippen LogP contribution in [0.1, 0.15) is 15.9 Å². The van der Waals surface area contributed by atoms with Crippen LogP contribution in [-0.4, -0.2) is 23.6 Å². The molecule has 1 amide bonds. The first kappa shape index (κ1) is 17.3. The van der Waals surface area contributed by atoms with Crippen molar-refractivity contribution < 1.29 is 23.2 Å². The van der Waals surface area contributed by atoms with Crippen molar-refractivity contribution in [1.82, 2.24) is 5.16 Å². The molecule has 26 heavy (non-hydrogen) atoms. The van der Waals surface area contributed by atoms with E-state index in [4.69, 9.17) is 9.26 Å². The van der Waals surface area contributed by atoms with Crippen LogP contribution >= 0.6 is 0 Å². The number of carbonyl (C=O) groups is 2. The van der Waals surface area contributed by atoms with Gasteiger partial charge in [-0.3, -0.25) is 10.1 Å². The molecule has 1 aromatic heterocycles. The van der Waals surface area contributed by atoms with Gasteiger partial charge in [-0.1, -0.05) is 47.1 Å². The molecule has 3 aromatic rings. The molecule has 0 aliphatic heterocycles. The highest BCUT2D eigenvalue weighted by Crippen LogP contribution is 2.22. The van der Waals surface area contributed by atoms with E-state index in [0.29, 0.717) is 5.69 Å². The molecule has 2 aromatic carbocycles. The molecule has 0 fully saturated rings. The molecule has 132 valence electrons. The maximum atomic E-state index is 13.5. The lowest BCUT2D eigenvalue weighted by molar-refractivity contribution is -0.119. The number of nitrogens with zero attached hydrogens (tertiary/aromatic N) is 1. The van der Waals surface area contributed by atoms with Crippen LogP contribution in [-0.2, 0) is 9.53 Å². The fourth-order valence-corrected chi connectivity index (χ4v) is 2.20. The maximum Gasteiger partial charge on any atom is 0.341 e. The number of halogens is 1. The number of amides is 1. The summed E-state index contributed by atoms with van der Waals surface area (Å²) in [5.41, 5.74) is 2.28. The van der Waals surface area contributed by atoms with Gasteiger partial charge in [-0.15, -0.1) is 0 Å². The zero-order chi connectivity index (χ0) is 18.5. The van der Waals surface area contributed by atoms with Crippen molar-refractivity contribution in [3.05, 3.63) is 71.5 Å². The van der Waals surface area contributed by atoms with Gasteiger partial charge in [0.15, 0.2) is 6.61 Å². The summed E-state index contributed by atoms with van der Waals surface area (Å²) in [7, 11) is 0. The van der Waals surface area contributed by atoms with Crippen LogP contribution in [0.4, 0.5) is 10.3 Å². The van der Waals surface area contributed by atoms with Crippen LogP contribution in [0.15, 0.2) is 59.1 Å². The van der Waals surface area contributed by atoms with Crippen LogP contribution in [0.3, 0.4) is 0 Å². The van der Waals surface area contributed by atoms with Crippen molar-refractivity contribution in [2.75, 3.05) is 11.9 Å². The van der Waals surface area contributed by atoms with Gasteiger partial charge in [-0.05, 0) is 19.1 Å². The summed E-state index contributed by atoms with van der Waals surface area (Å²) in [5.74, 6) is -2.14. The zero-order valence-electron chi connectivity index (χ0n) is 13.9. The molecular formula is C19H15FN2O4. The Morgan fingerprint density at radius 1 is 1.15 bits per heavy atom. The number of benzene rings is 2. The molecule has 7 heteroatoms. The van der Waals surface area contributed by atoms with Crippen molar-refractivity contribution in [2.24, 2.45) is 0 Å². The number of rotatable bonds is 5. The number of ether oxygens (including phenoxy) is 1. The number of carbonyl (C=O) groups excluding carboxylic acids is 2. The lowest BCUT2D eigenvalue weighted by Gasteiger charge is -2.05. The fraction of sp³-hybridized carbons (Fsp3) is 0.105. The number of aromatic nitrogens is 1. The van der Waals surface area contributed by atoms with Crippen molar-refractivity contribution in [3.63, 3.8) is 0 Å². The number of anilines is 1. The predicted molar refractivity (Wildman–Crippen MR) is 92.0 cm³/mol. The van der Waals surface area contributed by atoms with E-state index in [1.165, 1.54) is 18.2 Å². The summed E-state index contributed by atoms with van der Waals surface area (Å²) in [6.07, 6.45) is 0. The summed E-state index contributed by atoms with van der Waals surface area (Å²) in [5, 5.41) is 6.30. The normalized spacial score (nSPS) is 10.4. The minimum Gasteiger partial charge on any atom is -0.452 e. The van der Waals surface area contributed by atoms with E-state index in [2.05, 4.69) is 10.5 Å². The van der Waals surface area contributed by atoms with Crippen molar-refractivity contribution >= 4 is 17.8 Å². The van der Waals surface area contributed by atoms with Gasteiger partial charge in [-0.25, -0.2) is 9.18 Å². The van der Waals surface area contributed by atoms with Crippen LogP contribution in [0, 0.1) is 12.7 Å². The smallest absolute Gasteiger partial charge is 0.341 e. The van der Waals surface area contributed by atoms with E-state index < -0.39 is 24.3 Å². The number of esters is 1. The largest absolute Gasteiger partial charge is 0.452 e. The second-order valence-electron chi connectivity index (χ2n) is 5.55. The van der Waals surface area contributed by atoms with Crippen LogP contribution in [0.5, 0.6) is 0 Å². The maximum absolute atomic E-state index is 13.5. The summed E-state index contributed by atoms with van der Waals surface area (Å²) < 4.78 is 23.3. The summed E-state index contributed by atoms with van der Waals surface area (Å²) >= 11 is 0. The lowest BCUT2D eigenvalue weighted by Crippen LogP contribution is -2.21. The number of hydrogen-bond donors (Lipinski definition) is 1. The van der Waals surface area contributed by atoms with Gasteiger partial charge in [0.1, 0.15) is 11.5 Å². The second-order valence-corrected chi connectivity index (χ2v) is 5.55. The molecule has 3 rings (SSSR count). The third-order valence-electron chi connectivity index (χ3n) is 3.55. The third kappa shape index (κ3) is 4.13. The van der Waals surface area contributed by atoms with Gasteiger partial charge in [-0.2, -0.15) is 0 Å². The van der Waals surface area contributed by atoms with E-state index in [9.17, 15) is 14.0 Å². The Balaban J connectivity index is 1.56. The zero-order valence-corrected chi connectivity index (χ0v) is 13.9. The first-order chi connectivity index (χ1) is 12.5. The van der Waals surface area contributed by atoms with Crippen molar-refractivity contribution in [2.45, 2.75) is 6.92 Å². The molecule has 1 heterocycles.